The number of furan rings is 1. The summed E-state index contributed by atoms with van der Waals surface area (Å²) < 4.78 is 11.9. The predicted octanol–water partition coefficient (Wildman–Crippen LogP) is 16.4. The average Bonchev–Trinajstić information content (AvgIpc) is 4.01. The number of aromatic nitrogens is 3. The highest BCUT2D eigenvalue weighted by atomic mass is 32.1. The lowest BCUT2D eigenvalue weighted by atomic mass is 9.84. The van der Waals surface area contributed by atoms with Gasteiger partial charge in [-0.15, -0.1) is 22.7 Å². The number of nitrogens with zero attached hydrogens (tertiary/aromatic N) is 3. The van der Waals surface area contributed by atoms with E-state index < -0.39 is 0 Å². The van der Waals surface area contributed by atoms with Crippen LogP contribution in [0.2, 0.25) is 0 Å². The number of thiophene rings is 2. The first kappa shape index (κ1) is 36.0. The third-order valence-electron chi connectivity index (χ3n) is 13.4. The van der Waals surface area contributed by atoms with Gasteiger partial charge < -0.3 is 4.42 Å². The van der Waals surface area contributed by atoms with Crippen molar-refractivity contribution in [2.45, 2.75) is 18.8 Å². The molecule has 4 heterocycles. The van der Waals surface area contributed by atoms with E-state index in [1.807, 2.05) is 22.7 Å². The fourth-order valence-corrected chi connectivity index (χ4v) is 12.6. The van der Waals surface area contributed by atoms with Crippen molar-refractivity contribution in [3.8, 4) is 45.3 Å². The molecule has 0 radical (unpaired) electrons. The van der Waals surface area contributed by atoms with E-state index in [0.29, 0.717) is 17.5 Å². The lowest BCUT2D eigenvalue weighted by Gasteiger charge is -2.20. The lowest BCUT2D eigenvalue weighted by Crippen LogP contribution is -2.05. The van der Waals surface area contributed by atoms with Gasteiger partial charge in [0.1, 0.15) is 11.2 Å². The Morgan fingerprint density at radius 1 is 0.406 bits per heavy atom. The Hall–Kier alpha value is -7.51. The van der Waals surface area contributed by atoms with Crippen LogP contribution in [-0.2, 0) is 6.42 Å². The van der Waals surface area contributed by atoms with Crippen molar-refractivity contribution in [3.63, 3.8) is 0 Å². The summed E-state index contributed by atoms with van der Waals surface area (Å²) in [7, 11) is 0. The van der Waals surface area contributed by atoms with Crippen molar-refractivity contribution in [2.75, 3.05) is 0 Å². The highest BCUT2D eigenvalue weighted by molar-refractivity contribution is 7.26. The molecule has 9 aromatic carbocycles. The topological polar surface area (TPSA) is 51.8 Å². The molecule has 0 saturated carbocycles. The Morgan fingerprint density at radius 3 is 1.67 bits per heavy atom. The number of para-hydroxylation sites is 1. The largest absolute Gasteiger partial charge is 0.456 e. The zero-order chi connectivity index (χ0) is 41.9. The van der Waals surface area contributed by atoms with E-state index in [1.165, 1.54) is 73.4 Å². The smallest absolute Gasteiger partial charge is 0.164 e. The summed E-state index contributed by atoms with van der Waals surface area (Å²) in [4.78, 5) is 16.1. The van der Waals surface area contributed by atoms with Crippen LogP contribution < -0.4 is 0 Å². The SMILES string of the molecule is c1ccc2c(c1)-c1cc3ccccc3cc1CCC2c1cc(-c2nc(-c3ccc4c(c3)sc3ccccc34)nc(-c3ccc4c(c3)sc3ccccc34)n2)cc2c1oc1ccccc12. The highest BCUT2D eigenvalue weighted by Gasteiger charge is 2.28. The summed E-state index contributed by atoms with van der Waals surface area (Å²) in [5, 5.41) is 9.71. The van der Waals surface area contributed by atoms with E-state index in [-0.39, 0.29) is 5.92 Å². The molecule has 1 aliphatic rings. The highest BCUT2D eigenvalue weighted by Crippen LogP contribution is 2.47. The van der Waals surface area contributed by atoms with Gasteiger partial charge in [0.25, 0.3) is 0 Å². The van der Waals surface area contributed by atoms with Crippen LogP contribution in [0.3, 0.4) is 0 Å². The molecule has 64 heavy (non-hydrogen) atoms. The van der Waals surface area contributed by atoms with Gasteiger partial charge >= 0.3 is 0 Å². The third-order valence-corrected chi connectivity index (χ3v) is 15.6. The molecule has 0 aliphatic heterocycles. The van der Waals surface area contributed by atoms with Crippen LogP contribution in [-0.4, -0.2) is 15.0 Å². The molecule has 13 aromatic rings. The zero-order valence-corrected chi connectivity index (χ0v) is 36.0. The summed E-state index contributed by atoms with van der Waals surface area (Å²) in [6.45, 7) is 0. The van der Waals surface area contributed by atoms with E-state index >= 15 is 0 Å². The van der Waals surface area contributed by atoms with Gasteiger partial charge in [0.05, 0.1) is 0 Å². The second-order valence-electron chi connectivity index (χ2n) is 17.0. The van der Waals surface area contributed by atoms with Crippen molar-refractivity contribution in [1.29, 1.82) is 0 Å². The van der Waals surface area contributed by atoms with Crippen molar-refractivity contribution in [3.05, 3.63) is 199 Å². The second-order valence-corrected chi connectivity index (χ2v) is 19.2. The molecule has 300 valence electrons. The normalized spacial score (nSPS) is 14.0. The van der Waals surface area contributed by atoms with Crippen LogP contribution in [0.1, 0.15) is 29.0 Å². The average molecular weight is 854 g/mol. The summed E-state index contributed by atoms with van der Waals surface area (Å²) >= 11 is 3.62. The number of rotatable bonds is 4. The minimum Gasteiger partial charge on any atom is -0.456 e. The van der Waals surface area contributed by atoms with Gasteiger partial charge in [0.2, 0.25) is 0 Å². The summed E-state index contributed by atoms with van der Waals surface area (Å²) in [5.41, 5.74) is 11.1. The molecule has 1 aliphatic carbocycles. The summed E-state index contributed by atoms with van der Waals surface area (Å²) in [5.74, 6) is 1.99. The van der Waals surface area contributed by atoms with Crippen LogP contribution in [0.15, 0.2) is 186 Å². The van der Waals surface area contributed by atoms with Gasteiger partial charge in [-0.1, -0.05) is 133 Å². The fraction of sp³-hybridized carbons (Fsp3) is 0.0517. The van der Waals surface area contributed by atoms with Crippen LogP contribution >= 0.6 is 22.7 Å². The van der Waals surface area contributed by atoms with Gasteiger partial charge in [0.15, 0.2) is 17.5 Å². The Labute approximate surface area is 375 Å². The number of hydrogen-bond donors (Lipinski definition) is 0. The van der Waals surface area contributed by atoms with Gasteiger partial charge in [-0.2, -0.15) is 0 Å². The van der Waals surface area contributed by atoms with Crippen molar-refractivity contribution >= 4 is 95.7 Å². The molecule has 0 spiro atoms. The number of hydrogen-bond acceptors (Lipinski definition) is 6. The number of benzene rings is 9. The maximum atomic E-state index is 6.89. The van der Waals surface area contributed by atoms with Crippen molar-refractivity contribution in [2.24, 2.45) is 0 Å². The molecule has 14 rings (SSSR count). The maximum Gasteiger partial charge on any atom is 0.164 e. The minimum absolute atomic E-state index is 0.0567. The zero-order valence-electron chi connectivity index (χ0n) is 34.4. The van der Waals surface area contributed by atoms with E-state index in [0.717, 1.165) is 57.0 Å². The molecule has 4 nitrogen and oxygen atoms in total. The Morgan fingerprint density at radius 2 is 0.969 bits per heavy atom. The van der Waals surface area contributed by atoms with Crippen LogP contribution in [0, 0.1) is 0 Å². The first-order valence-electron chi connectivity index (χ1n) is 21.8. The molecule has 6 heteroatoms. The molecule has 1 atom stereocenters. The van der Waals surface area contributed by atoms with Crippen molar-refractivity contribution in [1.82, 2.24) is 15.0 Å². The number of fused-ring (bicyclic) bond motifs is 13. The predicted molar refractivity (Wildman–Crippen MR) is 269 cm³/mol. The lowest BCUT2D eigenvalue weighted by molar-refractivity contribution is 0.647. The Balaban J connectivity index is 0.998. The van der Waals surface area contributed by atoms with Gasteiger partial charge in [-0.25, -0.2) is 15.0 Å². The first-order valence-corrected chi connectivity index (χ1v) is 23.5. The van der Waals surface area contributed by atoms with E-state index in [9.17, 15) is 0 Å². The fourth-order valence-electron chi connectivity index (χ4n) is 10.3. The van der Waals surface area contributed by atoms with Crippen LogP contribution in [0.4, 0.5) is 0 Å². The van der Waals surface area contributed by atoms with E-state index in [1.54, 1.807) is 0 Å². The Kier molecular flexibility index (Phi) is 7.88. The molecule has 0 saturated heterocycles. The summed E-state index contributed by atoms with van der Waals surface area (Å²) in [6, 6.07) is 66.0. The molecule has 1 unspecified atom stereocenters. The molecular weight excluding hydrogens is 819 g/mol. The third kappa shape index (κ3) is 5.62. The van der Waals surface area contributed by atoms with E-state index in [4.69, 9.17) is 19.4 Å². The van der Waals surface area contributed by atoms with Gasteiger partial charge in [-0.05, 0) is 94.4 Å². The monoisotopic (exact) mass is 853 g/mol. The number of aryl methyl sites for hydroxylation is 1. The van der Waals surface area contributed by atoms with Crippen molar-refractivity contribution < 1.29 is 4.42 Å². The Bertz CT molecular complexity index is 3930. The first-order chi connectivity index (χ1) is 31.7. The standard InChI is InChI=1S/C58H35N3OS2/c1-2-12-34-28-47-35(27-33(34)11-1)21-24-41(39-13-3-4-14-40(39)47)48-29-38(30-49-42-15-5-8-18-50(42)62-55(48)49)58-60-56(36-22-25-45-43-16-6-9-19-51(43)63-53(45)31-36)59-57(61-58)37-23-26-46-44-17-7-10-20-52(44)64-54(46)32-37/h1-20,22-23,25-32,41H,21,24H2. The minimum atomic E-state index is 0.0567. The van der Waals surface area contributed by atoms with E-state index in [2.05, 4.69) is 182 Å². The molecule has 0 amide bonds. The maximum absolute atomic E-state index is 6.89. The second kappa shape index (κ2) is 14.0. The molecule has 0 fully saturated rings. The van der Waals surface area contributed by atoms with Crippen LogP contribution in [0.25, 0.3) is 118 Å². The molecular formula is C58H35N3OS2. The van der Waals surface area contributed by atoms with Gasteiger partial charge in [0, 0.05) is 79.3 Å². The molecule has 0 bridgehead atoms. The quantitative estimate of drug-likeness (QED) is 0.177. The summed E-state index contributed by atoms with van der Waals surface area (Å²) in [6.07, 6.45) is 1.86. The van der Waals surface area contributed by atoms with Crippen LogP contribution in [0.5, 0.6) is 0 Å². The molecule has 4 aromatic heterocycles. The molecule has 0 N–H and O–H groups in total. The van der Waals surface area contributed by atoms with Gasteiger partial charge in [-0.3, -0.25) is 0 Å².